The third-order valence-corrected chi connectivity index (χ3v) is 8.21. The quantitative estimate of drug-likeness (QED) is 0.177. The van der Waals surface area contributed by atoms with Crippen molar-refractivity contribution in [3.05, 3.63) is 107 Å². The summed E-state index contributed by atoms with van der Waals surface area (Å²) in [5.74, 6) is -2.55. The molecule has 1 aliphatic heterocycles. The zero-order valence-corrected chi connectivity index (χ0v) is 22.3. The molecule has 1 amide bonds. The van der Waals surface area contributed by atoms with Gasteiger partial charge in [-0.15, -0.1) is 0 Å². The Morgan fingerprint density at radius 3 is 2.33 bits per heavy atom. The zero-order valence-electron chi connectivity index (χ0n) is 22.3. The molecule has 3 atom stereocenters. The second kappa shape index (κ2) is 12.0. The normalized spacial score (nSPS) is 21.9. The Balaban J connectivity index is 1.12. The standard InChI is InChI=1S/C32H34N2O6/c35-29(36)27-19-24(17-22-7-3-1-4-8-22)11-12-26(27)21-40-33-15-16-34-31(39)32(34)14-13-25(20-28(32)30(37)38)18-23-9-5-2-6-10-23/h1-12,19,25,28,33H,13-18,20-21H2,(H,35,36)(H,37,38). The Kier molecular flexibility index (Phi) is 8.28. The van der Waals surface area contributed by atoms with Crippen LogP contribution in [0.5, 0.6) is 0 Å². The summed E-state index contributed by atoms with van der Waals surface area (Å²) in [6.07, 6.45) is 3.28. The summed E-state index contributed by atoms with van der Waals surface area (Å²) in [7, 11) is 0. The predicted octanol–water partition coefficient (Wildman–Crippen LogP) is 4.32. The van der Waals surface area contributed by atoms with Crippen LogP contribution in [0.1, 0.15) is 51.9 Å². The number of carboxylic acid groups (broad SMARTS) is 2. The van der Waals surface area contributed by atoms with Crippen LogP contribution in [0.25, 0.3) is 0 Å². The molecule has 8 heteroatoms. The van der Waals surface area contributed by atoms with Crippen molar-refractivity contribution in [3.8, 4) is 0 Å². The van der Waals surface area contributed by atoms with Crippen molar-refractivity contribution in [2.75, 3.05) is 13.1 Å². The van der Waals surface area contributed by atoms with Gasteiger partial charge in [0, 0.05) is 13.1 Å². The van der Waals surface area contributed by atoms with E-state index in [1.807, 2.05) is 54.6 Å². The van der Waals surface area contributed by atoms with E-state index in [1.165, 1.54) is 5.56 Å². The lowest BCUT2D eigenvalue weighted by atomic mass is 9.71. The van der Waals surface area contributed by atoms with E-state index in [0.29, 0.717) is 37.9 Å². The van der Waals surface area contributed by atoms with Gasteiger partial charge in [-0.25, -0.2) is 10.3 Å². The van der Waals surface area contributed by atoms with Crippen molar-refractivity contribution in [1.29, 1.82) is 0 Å². The Hall–Kier alpha value is -4.01. The van der Waals surface area contributed by atoms with E-state index in [4.69, 9.17) is 4.84 Å². The number of benzene rings is 3. The summed E-state index contributed by atoms with van der Waals surface area (Å²) in [4.78, 5) is 44.1. The van der Waals surface area contributed by atoms with Gasteiger partial charge in [-0.05, 0) is 66.3 Å². The molecule has 2 aliphatic rings. The smallest absolute Gasteiger partial charge is 0.336 e. The summed E-state index contributed by atoms with van der Waals surface area (Å²) >= 11 is 0. The predicted molar refractivity (Wildman–Crippen MR) is 148 cm³/mol. The van der Waals surface area contributed by atoms with Gasteiger partial charge < -0.3 is 15.1 Å². The number of hydroxylamine groups is 1. The lowest BCUT2D eigenvalue weighted by Crippen LogP contribution is -2.42. The van der Waals surface area contributed by atoms with E-state index in [1.54, 1.807) is 17.0 Å². The topological polar surface area (TPSA) is 116 Å². The van der Waals surface area contributed by atoms with E-state index >= 15 is 0 Å². The van der Waals surface area contributed by atoms with Crippen LogP contribution in [0.4, 0.5) is 0 Å². The van der Waals surface area contributed by atoms with Gasteiger partial charge in [-0.3, -0.25) is 14.4 Å². The number of carbonyl (C=O) groups is 3. The fourth-order valence-electron chi connectivity index (χ4n) is 6.13. The first-order valence-electron chi connectivity index (χ1n) is 13.7. The molecule has 3 aromatic carbocycles. The molecule has 208 valence electrons. The molecule has 3 N–H and O–H groups in total. The highest BCUT2D eigenvalue weighted by atomic mass is 16.6. The number of hydrogen-bond donors (Lipinski definition) is 3. The lowest BCUT2D eigenvalue weighted by Gasteiger charge is -2.33. The van der Waals surface area contributed by atoms with E-state index in [0.717, 1.165) is 24.0 Å². The molecule has 8 nitrogen and oxygen atoms in total. The molecule has 1 spiro atoms. The van der Waals surface area contributed by atoms with E-state index in [-0.39, 0.29) is 24.0 Å². The van der Waals surface area contributed by atoms with Crippen molar-refractivity contribution >= 4 is 17.8 Å². The molecule has 0 aromatic heterocycles. The maximum atomic E-state index is 12.9. The van der Waals surface area contributed by atoms with Crippen molar-refractivity contribution in [2.45, 2.75) is 44.2 Å². The van der Waals surface area contributed by atoms with E-state index in [9.17, 15) is 24.6 Å². The molecular formula is C32H34N2O6. The summed E-state index contributed by atoms with van der Waals surface area (Å²) in [6, 6.07) is 25.2. The minimum atomic E-state index is -1.02. The number of nitrogens with one attached hydrogen (secondary N) is 1. The minimum Gasteiger partial charge on any atom is -0.481 e. The molecule has 3 unspecified atom stereocenters. The number of hydrogen-bond acceptors (Lipinski definition) is 5. The van der Waals surface area contributed by atoms with Crippen LogP contribution >= 0.6 is 0 Å². The molecule has 1 saturated carbocycles. The van der Waals surface area contributed by atoms with Crippen LogP contribution in [0, 0.1) is 11.8 Å². The monoisotopic (exact) mass is 542 g/mol. The van der Waals surface area contributed by atoms with Gasteiger partial charge in [0.1, 0.15) is 5.54 Å². The van der Waals surface area contributed by atoms with Gasteiger partial charge in [0.05, 0.1) is 18.1 Å². The Morgan fingerprint density at radius 2 is 1.65 bits per heavy atom. The number of aliphatic carboxylic acids is 1. The number of carbonyl (C=O) groups excluding carboxylic acids is 1. The van der Waals surface area contributed by atoms with Crippen molar-refractivity contribution in [2.24, 2.45) is 11.8 Å². The molecule has 0 bridgehead atoms. The zero-order chi connectivity index (χ0) is 28.1. The number of aromatic carboxylic acids is 1. The van der Waals surface area contributed by atoms with Crippen LogP contribution < -0.4 is 5.48 Å². The summed E-state index contributed by atoms with van der Waals surface area (Å²) in [6.45, 7) is 0.681. The first-order chi connectivity index (χ1) is 19.4. The lowest BCUT2D eigenvalue weighted by molar-refractivity contribution is -0.146. The Morgan fingerprint density at radius 1 is 0.950 bits per heavy atom. The van der Waals surface area contributed by atoms with Crippen LogP contribution in [-0.4, -0.2) is 51.6 Å². The number of amides is 1. The van der Waals surface area contributed by atoms with Gasteiger partial charge in [0.15, 0.2) is 0 Å². The number of nitrogens with zero attached hydrogens (tertiary/aromatic N) is 1. The maximum Gasteiger partial charge on any atom is 0.336 e. The van der Waals surface area contributed by atoms with Crippen LogP contribution in [0.2, 0.25) is 0 Å². The number of carboxylic acids is 2. The molecule has 1 aliphatic carbocycles. The van der Waals surface area contributed by atoms with Crippen LogP contribution in [-0.2, 0) is 33.9 Å². The van der Waals surface area contributed by atoms with Gasteiger partial charge in [-0.2, -0.15) is 0 Å². The molecule has 1 heterocycles. The van der Waals surface area contributed by atoms with Crippen molar-refractivity contribution < 1.29 is 29.4 Å². The van der Waals surface area contributed by atoms with E-state index < -0.39 is 23.4 Å². The van der Waals surface area contributed by atoms with Crippen LogP contribution in [0.15, 0.2) is 78.9 Å². The highest BCUT2D eigenvalue weighted by molar-refractivity contribution is 6.06. The molecule has 2 fully saturated rings. The molecule has 3 aromatic rings. The molecule has 1 saturated heterocycles. The summed E-state index contributed by atoms with van der Waals surface area (Å²) in [5, 5.41) is 19.7. The Bertz CT molecular complexity index is 1360. The average Bonchev–Trinajstić information content (AvgIpc) is 3.51. The first kappa shape index (κ1) is 27.6. The minimum absolute atomic E-state index is 0.0469. The van der Waals surface area contributed by atoms with Gasteiger partial charge in [0.2, 0.25) is 5.91 Å². The van der Waals surface area contributed by atoms with Crippen molar-refractivity contribution in [1.82, 2.24) is 10.4 Å². The van der Waals surface area contributed by atoms with Crippen LogP contribution in [0.3, 0.4) is 0 Å². The third kappa shape index (κ3) is 5.93. The summed E-state index contributed by atoms with van der Waals surface area (Å²) in [5.41, 5.74) is 5.81. The van der Waals surface area contributed by atoms with Gasteiger partial charge in [-0.1, -0.05) is 72.8 Å². The SMILES string of the molecule is O=C(O)c1cc(Cc2ccccc2)ccc1CONCCN1C(=O)C12CCC(Cc1ccccc1)CC2C(=O)O. The first-order valence-corrected chi connectivity index (χ1v) is 13.7. The molecule has 5 rings (SSSR count). The number of rotatable bonds is 12. The highest BCUT2D eigenvalue weighted by Crippen LogP contribution is 2.52. The molecule has 0 radical (unpaired) electrons. The maximum absolute atomic E-state index is 12.9. The highest BCUT2D eigenvalue weighted by Gasteiger charge is 2.69. The van der Waals surface area contributed by atoms with Gasteiger partial charge in [0.25, 0.3) is 0 Å². The fourth-order valence-corrected chi connectivity index (χ4v) is 6.13. The second-order valence-corrected chi connectivity index (χ2v) is 10.7. The second-order valence-electron chi connectivity index (χ2n) is 10.7. The molecule has 40 heavy (non-hydrogen) atoms. The molecular weight excluding hydrogens is 508 g/mol. The third-order valence-electron chi connectivity index (χ3n) is 8.21. The van der Waals surface area contributed by atoms with E-state index in [2.05, 4.69) is 17.6 Å². The largest absolute Gasteiger partial charge is 0.481 e. The van der Waals surface area contributed by atoms with Crippen molar-refractivity contribution in [3.63, 3.8) is 0 Å². The Labute approximate surface area is 233 Å². The summed E-state index contributed by atoms with van der Waals surface area (Å²) < 4.78 is 0. The fraction of sp³-hybridized carbons (Fsp3) is 0.344. The van der Waals surface area contributed by atoms with Gasteiger partial charge >= 0.3 is 11.9 Å². The average molecular weight is 543 g/mol.